The minimum absolute atomic E-state index is 0.206. The second kappa shape index (κ2) is 6.23. The fourth-order valence-electron chi connectivity index (χ4n) is 2.75. The monoisotopic (exact) mass is 276 g/mol. The molecule has 2 atom stereocenters. The zero-order valence-corrected chi connectivity index (χ0v) is 13.4. The Hall–Kier alpha value is -0.930. The second-order valence-corrected chi connectivity index (χ2v) is 6.97. The lowest BCUT2D eigenvalue weighted by molar-refractivity contribution is -0.124. The summed E-state index contributed by atoms with van der Waals surface area (Å²) in [5.74, 6) is 0.606. The van der Waals surface area contributed by atoms with E-state index in [0.717, 1.165) is 25.3 Å². The molecule has 1 heterocycles. The van der Waals surface area contributed by atoms with Crippen molar-refractivity contribution in [3.05, 3.63) is 29.6 Å². The molecule has 1 fully saturated rings. The van der Waals surface area contributed by atoms with Gasteiger partial charge in [0.1, 0.15) is 0 Å². The Balaban J connectivity index is 1.82. The zero-order chi connectivity index (χ0) is 14.8. The van der Waals surface area contributed by atoms with Crippen LogP contribution >= 0.6 is 0 Å². The number of ether oxygens (including phenoxy) is 1. The van der Waals surface area contributed by atoms with E-state index < -0.39 is 0 Å². The minimum atomic E-state index is 0.206. The van der Waals surface area contributed by atoms with Crippen molar-refractivity contribution in [2.45, 2.75) is 59.7 Å². The molecule has 2 rings (SSSR count). The maximum Gasteiger partial charge on any atom is 0.0656 e. The van der Waals surface area contributed by atoms with Gasteiger partial charge in [0.25, 0.3) is 0 Å². The quantitative estimate of drug-likeness (QED) is 0.865. The highest BCUT2D eigenvalue weighted by Gasteiger charge is 2.48. The highest BCUT2D eigenvalue weighted by molar-refractivity contribution is 5.18. The molecule has 1 saturated carbocycles. The number of aryl methyl sites for hydroxylation is 1. The van der Waals surface area contributed by atoms with Crippen LogP contribution in [0.25, 0.3) is 0 Å². The summed E-state index contributed by atoms with van der Waals surface area (Å²) in [5, 5.41) is 3.64. The van der Waals surface area contributed by atoms with Crippen molar-refractivity contribution in [3.8, 4) is 0 Å². The molecule has 0 saturated heterocycles. The van der Waals surface area contributed by atoms with Gasteiger partial charge in [0.05, 0.1) is 11.8 Å². The summed E-state index contributed by atoms with van der Waals surface area (Å²) >= 11 is 0. The van der Waals surface area contributed by atoms with Gasteiger partial charge in [0.2, 0.25) is 0 Å². The van der Waals surface area contributed by atoms with E-state index in [1.165, 1.54) is 5.56 Å². The van der Waals surface area contributed by atoms with Crippen molar-refractivity contribution in [3.63, 3.8) is 0 Å². The van der Waals surface area contributed by atoms with Crippen LogP contribution < -0.4 is 5.32 Å². The molecule has 0 amide bonds. The molecule has 112 valence electrons. The number of nitrogens with zero attached hydrogens (tertiary/aromatic N) is 1. The molecule has 3 heteroatoms. The first kappa shape index (κ1) is 15.5. The molecule has 0 bridgehead atoms. The summed E-state index contributed by atoms with van der Waals surface area (Å²) in [6.45, 7) is 12.8. The topological polar surface area (TPSA) is 34.2 Å². The molecule has 1 aliphatic carbocycles. The van der Waals surface area contributed by atoms with Gasteiger partial charge in [-0.1, -0.05) is 33.8 Å². The molecule has 1 aromatic heterocycles. The van der Waals surface area contributed by atoms with Gasteiger partial charge in [-0.3, -0.25) is 4.98 Å². The van der Waals surface area contributed by atoms with E-state index in [2.05, 4.69) is 51.0 Å². The standard InChI is InChI=1S/C17H28N2O/c1-12(2)11-20-16-9-15(17(16,4)5)19-10-14-13(3)7-6-8-18-14/h6-8,12,15-16,19H,9-11H2,1-5H3. The second-order valence-electron chi connectivity index (χ2n) is 6.97. The van der Waals surface area contributed by atoms with Crippen molar-refractivity contribution >= 4 is 0 Å². The fourth-order valence-corrected chi connectivity index (χ4v) is 2.75. The van der Waals surface area contributed by atoms with Crippen LogP contribution in [-0.2, 0) is 11.3 Å². The van der Waals surface area contributed by atoms with E-state index >= 15 is 0 Å². The van der Waals surface area contributed by atoms with Gasteiger partial charge in [0.15, 0.2) is 0 Å². The molecule has 0 radical (unpaired) electrons. The van der Waals surface area contributed by atoms with Gasteiger partial charge in [-0.15, -0.1) is 0 Å². The van der Waals surface area contributed by atoms with E-state index in [1.54, 1.807) is 0 Å². The van der Waals surface area contributed by atoms with Gasteiger partial charge in [0, 0.05) is 30.8 Å². The van der Waals surface area contributed by atoms with Gasteiger partial charge >= 0.3 is 0 Å². The van der Waals surface area contributed by atoms with Crippen molar-refractivity contribution in [2.75, 3.05) is 6.61 Å². The van der Waals surface area contributed by atoms with E-state index in [4.69, 9.17) is 4.74 Å². The number of pyridine rings is 1. The molecule has 2 unspecified atom stereocenters. The first-order valence-corrected chi connectivity index (χ1v) is 7.66. The predicted molar refractivity (Wildman–Crippen MR) is 82.6 cm³/mol. The lowest BCUT2D eigenvalue weighted by atomic mass is 9.64. The highest BCUT2D eigenvalue weighted by atomic mass is 16.5. The van der Waals surface area contributed by atoms with Gasteiger partial charge < -0.3 is 10.1 Å². The fraction of sp³-hybridized carbons (Fsp3) is 0.706. The van der Waals surface area contributed by atoms with E-state index in [9.17, 15) is 0 Å². The maximum absolute atomic E-state index is 6.01. The largest absolute Gasteiger partial charge is 0.377 e. The number of hydrogen-bond acceptors (Lipinski definition) is 3. The summed E-state index contributed by atoms with van der Waals surface area (Å²) in [5.41, 5.74) is 2.61. The lowest BCUT2D eigenvalue weighted by Gasteiger charge is -2.52. The van der Waals surface area contributed by atoms with E-state index in [0.29, 0.717) is 18.1 Å². The summed E-state index contributed by atoms with van der Waals surface area (Å²) in [6, 6.07) is 4.62. The van der Waals surface area contributed by atoms with Crippen molar-refractivity contribution in [1.82, 2.24) is 10.3 Å². The first-order valence-electron chi connectivity index (χ1n) is 7.66. The molecule has 1 aromatic rings. The SMILES string of the molecule is Cc1cccnc1CNC1CC(OCC(C)C)C1(C)C. The Kier molecular flexibility index (Phi) is 4.82. The zero-order valence-electron chi connectivity index (χ0n) is 13.4. The summed E-state index contributed by atoms with van der Waals surface area (Å²) in [7, 11) is 0. The molecule has 0 aromatic carbocycles. The van der Waals surface area contributed by atoms with Crippen LogP contribution in [0.15, 0.2) is 18.3 Å². The minimum Gasteiger partial charge on any atom is -0.377 e. The van der Waals surface area contributed by atoms with Gasteiger partial charge in [-0.25, -0.2) is 0 Å². The number of nitrogens with one attached hydrogen (secondary N) is 1. The summed E-state index contributed by atoms with van der Waals surface area (Å²) in [4.78, 5) is 4.44. The molecule has 20 heavy (non-hydrogen) atoms. The Bertz CT molecular complexity index is 442. The number of rotatable bonds is 6. The molecule has 3 nitrogen and oxygen atoms in total. The predicted octanol–water partition coefficient (Wildman–Crippen LogP) is 3.32. The van der Waals surface area contributed by atoms with Crippen molar-refractivity contribution in [1.29, 1.82) is 0 Å². The number of aromatic nitrogens is 1. The third kappa shape index (κ3) is 3.39. The molecule has 0 spiro atoms. The van der Waals surface area contributed by atoms with Gasteiger partial charge in [-0.2, -0.15) is 0 Å². The van der Waals surface area contributed by atoms with Gasteiger partial charge in [-0.05, 0) is 30.9 Å². The van der Waals surface area contributed by atoms with Crippen LogP contribution in [0.2, 0.25) is 0 Å². The Labute approximate surface area is 123 Å². The average Bonchev–Trinajstić information content (AvgIpc) is 2.38. The van der Waals surface area contributed by atoms with Crippen LogP contribution in [0.1, 0.15) is 45.4 Å². The van der Waals surface area contributed by atoms with E-state index in [1.807, 2.05) is 12.3 Å². The van der Waals surface area contributed by atoms with E-state index in [-0.39, 0.29) is 5.41 Å². The normalized spacial score (nSPS) is 24.7. The third-order valence-electron chi connectivity index (χ3n) is 4.44. The Morgan fingerprint density at radius 3 is 2.80 bits per heavy atom. The number of hydrogen-bond donors (Lipinski definition) is 1. The molecular formula is C17H28N2O. The Morgan fingerprint density at radius 1 is 1.45 bits per heavy atom. The lowest BCUT2D eigenvalue weighted by Crippen LogP contribution is -2.60. The third-order valence-corrected chi connectivity index (χ3v) is 4.44. The van der Waals surface area contributed by atoms with Crippen LogP contribution in [0.4, 0.5) is 0 Å². The highest BCUT2D eigenvalue weighted by Crippen LogP contribution is 2.43. The van der Waals surface area contributed by atoms with Crippen LogP contribution in [0.3, 0.4) is 0 Å². The first-order chi connectivity index (χ1) is 9.41. The molecule has 1 aliphatic rings. The van der Waals surface area contributed by atoms with Crippen LogP contribution in [-0.4, -0.2) is 23.7 Å². The maximum atomic E-state index is 6.01. The average molecular weight is 276 g/mol. The van der Waals surface area contributed by atoms with Crippen molar-refractivity contribution < 1.29 is 4.74 Å². The van der Waals surface area contributed by atoms with Crippen molar-refractivity contribution in [2.24, 2.45) is 11.3 Å². The molecule has 1 N–H and O–H groups in total. The molecular weight excluding hydrogens is 248 g/mol. The van der Waals surface area contributed by atoms with Crippen LogP contribution in [0, 0.1) is 18.3 Å². The summed E-state index contributed by atoms with van der Waals surface area (Å²) < 4.78 is 6.01. The van der Waals surface area contributed by atoms with Crippen LogP contribution in [0.5, 0.6) is 0 Å². The summed E-state index contributed by atoms with van der Waals surface area (Å²) in [6.07, 6.45) is 3.35. The Morgan fingerprint density at radius 2 is 2.20 bits per heavy atom. The smallest absolute Gasteiger partial charge is 0.0656 e. The molecule has 0 aliphatic heterocycles.